The van der Waals surface area contributed by atoms with Gasteiger partial charge in [-0.15, -0.1) is 0 Å². The summed E-state index contributed by atoms with van der Waals surface area (Å²) in [4.78, 5) is 21.1. The molecule has 66 heavy (non-hydrogen) atoms. The summed E-state index contributed by atoms with van der Waals surface area (Å²) in [7, 11) is 0. The van der Waals surface area contributed by atoms with Crippen LogP contribution >= 0.6 is 0 Å². The van der Waals surface area contributed by atoms with Crippen molar-refractivity contribution in [3.8, 4) is 57.0 Å². The number of para-hydroxylation sites is 4. The van der Waals surface area contributed by atoms with Gasteiger partial charge in [0.25, 0.3) is 0 Å². The average Bonchev–Trinajstić information content (AvgIpc) is 4.16. The maximum Gasteiger partial charge on any atom is 0.238 e. The Hall–Kier alpha value is -9.14. The van der Waals surface area contributed by atoms with Gasteiger partial charge < -0.3 is 13.4 Å². The summed E-state index contributed by atoms with van der Waals surface area (Å²) in [6.07, 6.45) is 0. The molecule has 0 N–H and O–H groups in total. The first-order valence-corrected chi connectivity index (χ1v) is 22.0. The third-order valence-electron chi connectivity index (χ3n) is 12.8. The summed E-state index contributed by atoms with van der Waals surface area (Å²) in [5, 5.41) is 6.46. The number of hydrogen-bond donors (Lipinski definition) is 0. The lowest BCUT2D eigenvalue weighted by Gasteiger charge is -2.14. The van der Waals surface area contributed by atoms with Gasteiger partial charge in [0.2, 0.25) is 11.8 Å². The van der Waals surface area contributed by atoms with E-state index in [4.69, 9.17) is 28.8 Å². The summed E-state index contributed by atoms with van der Waals surface area (Å²) in [6, 6.07) is 71.2. The highest BCUT2D eigenvalue weighted by Crippen LogP contribution is 2.43. The SMILES string of the molecule is c1ccc(-c2cccc(-n3c4ccccc4c4ccc5c6ccccc6n(-c6nc(-c7ccc8oc9ccccc9c8c7)nc(-c7cccc8nc(-c9ccccc9)oc78)n6)c5c43)c2)cc1. The Balaban J connectivity index is 1.09. The second kappa shape index (κ2) is 14.2. The number of rotatable bonds is 6. The highest BCUT2D eigenvalue weighted by Gasteiger charge is 2.25. The normalized spacial score (nSPS) is 11.9. The van der Waals surface area contributed by atoms with E-state index in [1.54, 1.807) is 0 Å². The van der Waals surface area contributed by atoms with E-state index in [0.29, 0.717) is 40.2 Å². The molecule has 0 aliphatic rings. The molecule has 14 aromatic rings. The van der Waals surface area contributed by atoms with Crippen LogP contribution in [0.4, 0.5) is 0 Å². The molecule has 0 saturated carbocycles. The van der Waals surface area contributed by atoms with Crippen molar-refractivity contribution < 1.29 is 8.83 Å². The van der Waals surface area contributed by atoms with E-state index >= 15 is 0 Å². The Kier molecular flexibility index (Phi) is 7.81. The number of aromatic nitrogens is 6. The van der Waals surface area contributed by atoms with Crippen molar-refractivity contribution in [3.05, 3.63) is 206 Å². The maximum absolute atomic E-state index is 6.62. The van der Waals surface area contributed by atoms with Crippen LogP contribution in [-0.2, 0) is 0 Å². The van der Waals surface area contributed by atoms with Crippen molar-refractivity contribution in [2.45, 2.75) is 0 Å². The number of fused-ring (bicyclic) bond motifs is 11. The van der Waals surface area contributed by atoms with Crippen LogP contribution in [-0.4, -0.2) is 29.1 Å². The molecule has 0 unspecified atom stereocenters. The smallest absolute Gasteiger partial charge is 0.238 e. The lowest BCUT2D eigenvalue weighted by atomic mass is 10.1. The Morgan fingerprint density at radius 2 is 0.970 bits per heavy atom. The van der Waals surface area contributed by atoms with Gasteiger partial charge in [0, 0.05) is 49.1 Å². The van der Waals surface area contributed by atoms with Gasteiger partial charge in [0.05, 0.1) is 27.6 Å². The van der Waals surface area contributed by atoms with Crippen LogP contribution in [0.1, 0.15) is 0 Å². The molecule has 0 saturated heterocycles. The first-order chi connectivity index (χ1) is 32.7. The van der Waals surface area contributed by atoms with Gasteiger partial charge in [-0.2, -0.15) is 9.97 Å². The summed E-state index contributed by atoms with van der Waals surface area (Å²) in [5.41, 5.74) is 12.8. The second-order valence-corrected chi connectivity index (χ2v) is 16.6. The molecular weight excluding hydrogens is 813 g/mol. The van der Waals surface area contributed by atoms with Gasteiger partial charge >= 0.3 is 0 Å². The fourth-order valence-corrected chi connectivity index (χ4v) is 9.84. The molecule has 0 radical (unpaired) electrons. The third kappa shape index (κ3) is 5.52. The molecule has 14 rings (SSSR count). The third-order valence-corrected chi connectivity index (χ3v) is 12.8. The highest BCUT2D eigenvalue weighted by molar-refractivity contribution is 6.23. The molecule has 5 heterocycles. The van der Waals surface area contributed by atoms with Crippen molar-refractivity contribution in [1.29, 1.82) is 0 Å². The van der Waals surface area contributed by atoms with E-state index in [1.165, 1.54) is 0 Å². The molecule has 0 spiro atoms. The number of nitrogens with zero attached hydrogens (tertiary/aromatic N) is 6. The second-order valence-electron chi connectivity index (χ2n) is 16.6. The minimum absolute atomic E-state index is 0.461. The number of furan rings is 1. The van der Waals surface area contributed by atoms with E-state index in [1.807, 2.05) is 78.9 Å². The maximum atomic E-state index is 6.62. The summed E-state index contributed by atoms with van der Waals surface area (Å²) in [5.74, 6) is 1.97. The average molecular weight is 847 g/mol. The lowest BCUT2D eigenvalue weighted by Crippen LogP contribution is -2.07. The molecular formula is C58H34N6O2. The van der Waals surface area contributed by atoms with Crippen LogP contribution in [0.25, 0.3) is 134 Å². The Morgan fingerprint density at radius 1 is 0.348 bits per heavy atom. The van der Waals surface area contributed by atoms with Crippen LogP contribution in [0.3, 0.4) is 0 Å². The lowest BCUT2D eigenvalue weighted by molar-refractivity contribution is 0.620. The fraction of sp³-hybridized carbons (Fsp3) is 0. The zero-order valence-electron chi connectivity index (χ0n) is 35.1. The molecule has 0 atom stereocenters. The van der Waals surface area contributed by atoms with Crippen molar-refractivity contribution in [1.82, 2.24) is 29.1 Å². The fourth-order valence-electron chi connectivity index (χ4n) is 9.84. The Morgan fingerprint density at radius 3 is 1.76 bits per heavy atom. The Bertz CT molecular complexity index is 4240. The zero-order valence-corrected chi connectivity index (χ0v) is 35.1. The van der Waals surface area contributed by atoms with Gasteiger partial charge in [-0.25, -0.2) is 9.97 Å². The van der Waals surface area contributed by atoms with Crippen LogP contribution < -0.4 is 0 Å². The van der Waals surface area contributed by atoms with Gasteiger partial charge in [0.15, 0.2) is 17.2 Å². The first kappa shape index (κ1) is 36.4. The molecule has 8 nitrogen and oxygen atoms in total. The van der Waals surface area contributed by atoms with Crippen LogP contribution in [0.15, 0.2) is 215 Å². The molecule has 9 aromatic carbocycles. The number of hydrogen-bond acceptors (Lipinski definition) is 6. The number of oxazole rings is 1. The predicted octanol–water partition coefficient (Wildman–Crippen LogP) is 14.8. The molecule has 308 valence electrons. The van der Waals surface area contributed by atoms with Crippen LogP contribution in [0, 0.1) is 0 Å². The molecule has 0 amide bonds. The minimum Gasteiger partial charge on any atom is -0.456 e. The van der Waals surface area contributed by atoms with Crippen molar-refractivity contribution in [3.63, 3.8) is 0 Å². The molecule has 0 aliphatic heterocycles. The van der Waals surface area contributed by atoms with Gasteiger partial charge in [0.1, 0.15) is 16.7 Å². The standard InChI is InChI=1S/C58H34N6O2/c1-3-15-35(16-4-1)37-19-13-20-39(33-37)63-48-26-10-7-21-40(48)43-30-31-44-41-22-8-11-27-49(41)64(53(44)52(43)63)58-61-55(38-29-32-51-46(34-38)42-23-9-12-28-50(42)65-51)60-56(62-58)45-24-14-25-47-54(45)66-57(59-47)36-17-5-2-6-18-36/h1-34H. The monoisotopic (exact) mass is 846 g/mol. The van der Waals surface area contributed by atoms with Gasteiger partial charge in [-0.3, -0.25) is 4.57 Å². The largest absolute Gasteiger partial charge is 0.456 e. The topological polar surface area (TPSA) is 87.7 Å². The van der Waals surface area contributed by atoms with E-state index in [2.05, 4.69) is 137 Å². The predicted molar refractivity (Wildman–Crippen MR) is 265 cm³/mol. The molecule has 0 bridgehead atoms. The minimum atomic E-state index is 0.461. The highest BCUT2D eigenvalue weighted by atomic mass is 16.3. The Labute approximate surface area is 376 Å². The van der Waals surface area contributed by atoms with Crippen LogP contribution in [0.5, 0.6) is 0 Å². The summed E-state index contributed by atoms with van der Waals surface area (Å²) >= 11 is 0. The zero-order chi connectivity index (χ0) is 43.3. The van der Waals surface area contributed by atoms with Crippen LogP contribution in [0.2, 0.25) is 0 Å². The van der Waals surface area contributed by atoms with E-state index in [9.17, 15) is 0 Å². The molecule has 0 fully saturated rings. The van der Waals surface area contributed by atoms with Crippen molar-refractivity contribution in [2.24, 2.45) is 0 Å². The van der Waals surface area contributed by atoms with Crippen molar-refractivity contribution >= 4 is 76.6 Å². The van der Waals surface area contributed by atoms with Crippen molar-refractivity contribution in [2.75, 3.05) is 0 Å². The summed E-state index contributed by atoms with van der Waals surface area (Å²) < 4.78 is 17.5. The van der Waals surface area contributed by atoms with E-state index in [-0.39, 0.29) is 0 Å². The first-order valence-electron chi connectivity index (χ1n) is 22.0. The molecule has 0 aliphatic carbocycles. The van der Waals surface area contributed by atoms with Gasteiger partial charge in [-0.05, 0) is 83.9 Å². The quantitative estimate of drug-likeness (QED) is 0.166. The van der Waals surface area contributed by atoms with E-state index < -0.39 is 0 Å². The summed E-state index contributed by atoms with van der Waals surface area (Å²) in [6.45, 7) is 0. The molecule has 8 heteroatoms. The van der Waals surface area contributed by atoms with Gasteiger partial charge in [-0.1, -0.05) is 133 Å². The number of benzene rings is 9. The van der Waals surface area contributed by atoms with E-state index in [0.717, 1.165) is 93.5 Å². The molecule has 5 aromatic heterocycles.